The molecule has 0 spiro atoms. The molecule has 2 N–H and O–H groups in total. The number of imidazole rings is 1. The highest BCUT2D eigenvalue weighted by molar-refractivity contribution is 5.88. The van der Waals surface area contributed by atoms with E-state index in [1.165, 1.54) is 0 Å². The Bertz CT molecular complexity index is 1450. The molecule has 8 nitrogen and oxygen atoms in total. The highest BCUT2D eigenvalue weighted by atomic mass is 15.3. The van der Waals surface area contributed by atoms with Crippen molar-refractivity contribution < 1.29 is 0 Å². The lowest BCUT2D eigenvalue weighted by Gasteiger charge is -2.25. The largest absolute Gasteiger partial charge is 0.368 e. The maximum absolute atomic E-state index is 5.65. The molecule has 0 bridgehead atoms. The Hall–Kier alpha value is -4.07. The molecule has 0 amide bonds. The summed E-state index contributed by atoms with van der Waals surface area (Å²) in [7, 11) is 1.90. The molecular formula is C25H26N8. The number of nitrogen functional groups attached to an aromatic ring is 1. The summed E-state index contributed by atoms with van der Waals surface area (Å²) in [5.41, 5.74) is 11.2. The monoisotopic (exact) mass is 438 g/mol. The fraction of sp³-hybridized carbons (Fsp3) is 0.240. The standard InChI is InChI=1S/C25H26N8/c1-15-29-22(31-32(15)5)18-8-6-7-9-19(18)23-30-20-12-16(17-13-27-24(26)28-14-17)10-11-21(20)33(23)25(2,3)4/h6-14H,1-5H3,(H2,26,27,28). The molecule has 0 saturated heterocycles. The molecule has 8 heteroatoms. The summed E-state index contributed by atoms with van der Waals surface area (Å²) < 4.78 is 4.07. The number of nitrogens with zero attached hydrogens (tertiary/aromatic N) is 7. The fourth-order valence-corrected chi connectivity index (χ4v) is 4.06. The molecule has 0 saturated carbocycles. The average molecular weight is 439 g/mol. The number of anilines is 1. The molecule has 0 aliphatic carbocycles. The molecule has 0 unspecified atom stereocenters. The average Bonchev–Trinajstić information content (AvgIpc) is 3.33. The van der Waals surface area contributed by atoms with Crippen LogP contribution in [0.25, 0.3) is 44.9 Å². The van der Waals surface area contributed by atoms with Crippen molar-refractivity contribution in [1.82, 2.24) is 34.3 Å². The normalized spacial score (nSPS) is 11.9. The van der Waals surface area contributed by atoms with Crippen molar-refractivity contribution in [2.45, 2.75) is 33.2 Å². The lowest BCUT2D eigenvalue weighted by Crippen LogP contribution is -2.22. The second kappa shape index (κ2) is 7.51. The SMILES string of the molecule is Cc1nc(-c2ccccc2-c2nc3cc(-c4cnc(N)nc4)ccc3n2C(C)(C)C)nn1C. The van der Waals surface area contributed by atoms with Crippen LogP contribution in [0.3, 0.4) is 0 Å². The summed E-state index contributed by atoms with van der Waals surface area (Å²) >= 11 is 0. The summed E-state index contributed by atoms with van der Waals surface area (Å²) in [6.07, 6.45) is 3.46. The van der Waals surface area contributed by atoms with E-state index in [2.05, 4.69) is 69.7 Å². The number of hydrogen-bond donors (Lipinski definition) is 1. The first-order valence-corrected chi connectivity index (χ1v) is 10.8. The van der Waals surface area contributed by atoms with Crippen LogP contribution < -0.4 is 5.73 Å². The molecule has 0 aliphatic heterocycles. The maximum atomic E-state index is 5.65. The predicted molar refractivity (Wildman–Crippen MR) is 130 cm³/mol. The molecule has 166 valence electrons. The van der Waals surface area contributed by atoms with Crippen molar-refractivity contribution in [3.8, 4) is 33.9 Å². The van der Waals surface area contributed by atoms with E-state index < -0.39 is 0 Å². The minimum atomic E-state index is -0.198. The molecule has 33 heavy (non-hydrogen) atoms. The first kappa shape index (κ1) is 20.8. The Balaban J connectivity index is 1.74. The van der Waals surface area contributed by atoms with Crippen LogP contribution >= 0.6 is 0 Å². The van der Waals surface area contributed by atoms with Gasteiger partial charge in [0.1, 0.15) is 11.6 Å². The van der Waals surface area contributed by atoms with Gasteiger partial charge in [-0.3, -0.25) is 4.68 Å². The molecule has 0 fully saturated rings. The Kier molecular flexibility index (Phi) is 4.74. The highest BCUT2D eigenvalue weighted by Gasteiger charge is 2.25. The molecule has 0 atom stereocenters. The quantitative estimate of drug-likeness (QED) is 0.442. The minimum absolute atomic E-state index is 0.198. The Morgan fingerprint density at radius 2 is 1.58 bits per heavy atom. The summed E-state index contributed by atoms with van der Waals surface area (Å²) in [6.45, 7) is 8.51. The summed E-state index contributed by atoms with van der Waals surface area (Å²) in [5.74, 6) is 2.69. The van der Waals surface area contributed by atoms with Gasteiger partial charge < -0.3 is 10.3 Å². The fourth-order valence-electron chi connectivity index (χ4n) is 4.06. The van der Waals surface area contributed by atoms with Crippen molar-refractivity contribution in [3.05, 3.63) is 60.7 Å². The van der Waals surface area contributed by atoms with Crippen molar-refractivity contribution in [2.75, 3.05) is 5.73 Å². The number of benzene rings is 2. The van der Waals surface area contributed by atoms with Gasteiger partial charge in [-0.1, -0.05) is 30.3 Å². The smallest absolute Gasteiger partial charge is 0.219 e. The zero-order chi connectivity index (χ0) is 23.3. The van der Waals surface area contributed by atoms with Crippen molar-refractivity contribution in [2.24, 2.45) is 7.05 Å². The zero-order valence-electron chi connectivity index (χ0n) is 19.4. The van der Waals surface area contributed by atoms with Crippen molar-refractivity contribution >= 4 is 17.0 Å². The van der Waals surface area contributed by atoms with Crippen molar-refractivity contribution in [3.63, 3.8) is 0 Å². The van der Waals surface area contributed by atoms with Gasteiger partial charge in [-0.2, -0.15) is 5.10 Å². The van der Waals surface area contributed by atoms with Crippen LogP contribution in [-0.2, 0) is 12.6 Å². The van der Waals surface area contributed by atoms with Crippen LogP contribution in [0, 0.1) is 6.92 Å². The van der Waals surface area contributed by atoms with E-state index in [-0.39, 0.29) is 11.5 Å². The van der Waals surface area contributed by atoms with E-state index in [4.69, 9.17) is 10.7 Å². The Morgan fingerprint density at radius 1 is 0.879 bits per heavy atom. The van der Waals surface area contributed by atoms with Gasteiger partial charge in [0.2, 0.25) is 5.95 Å². The predicted octanol–water partition coefficient (Wildman–Crippen LogP) is 4.60. The lowest BCUT2D eigenvalue weighted by molar-refractivity contribution is 0.413. The van der Waals surface area contributed by atoms with Gasteiger partial charge in [0.05, 0.1) is 11.0 Å². The van der Waals surface area contributed by atoms with Crippen LogP contribution in [0.2, 0.25) is 0 Å². The summed E-state index contributed by atoms with van der Waals surface area (Å²) in [6, 6.07) is 14.4. The number of aromatic nitrogens is 7. The molecule has 3 heterocycles. The lowest BCUT2D eigenvalue weighted by atomic mass is 10.0. The number of aryl methyl sites for hydroxylation is 2. The van der Waals surface area contributed by atoms with E-state index in [1.807, 2.05) is 32.2 Å². The number of nitrogens with two attached hydrogens (primary N) is 1. The molecule has 5 aromatic rings. The number of fused-ring (bicyclic) bond motifs is 1. The molecule has 2 aromatic carbocycles. The first-order valence-electron chi connectivity index (χ1n) is 10.8. The maximum Gasteiger partial charge on any atom is 0.219 e. The van der Waals surface area contributed by atoms with Gasteiger partial charge in [0, 0.05) is 41.7 Å². The second-order valence-electron chi connectivity index (χ2n) is 9.13. The molecule has 0 radical (unpaired) electrons. The zero-order valence-corrected chi connectivity index (χ0v) is 19.4. The van der Waals surface area contributed by atoms with Crippen LogP contribution in [0.5, 0.6) is 0 Å². The van der Waals surface area contributed by atoms with Crippen LogP contribution in [0.4, 0.5) is 5.95 Å². The molecular weight excluding hydrogens is 412 g/mol. The third kappa shape index (κ3) is 3.63. The summed E-state index contributed by atoms with van der Waals surface area (Å²) in [5, 5.41) is 4.62. The first-order chi connectivity index (χ1) is 15.7. The van der Waals surface area contributed by atoms with Crippen LogP contribution in [0.15, 0.2) is 54.9 Å². The van der Waals surface area contributed by atoms with Gasteiger partial charge in [-0.05, 0) is 45.4 Å². The van der Waals surface area contributed by atoms with E-state index >= 15 is 0 Å². The highest BCUT2D eigenvalue weighted by Crippen LogP contribution is 2.36. The van der Waals surface area contributed by atoms with Crippen LogP contribution in [-0.4, -0.2) is 34.3 Å². The Labute approximate surface area is 192 Å². The second-order valence-corrected chi connectivity index (χ2v) is 9.13. The van der Waals surface area contributed by atoms with E-state index in [0.29, 0.717) is 5.82 Å². The van der Waals surface area contributed by atoms with E-state index in [9.17, 15) is 0 Å². The van der Waals surface area contributed by atoms with Crippen LogP contribution in [0.1, 0.15) is 26.6 Å². The Morgan fingerprint density at radius 3 is 2.21 bits per heavy atom. The third-order valence-corrected chi connectivity index (χ3v) is 5.72. The van der Waals surface area contributed by atoms with E-state index in [1.54, 1.807) is 17.1 Å². The number of hydrogen-bond acceptors (Lipinski definition) is 6. The van der Waals surface area contributed by atoms with Gasteiger partial charge in [0.15, 0.2) is 5.82 Å². The van der Waals surface area contributed by atoms with Gasteiger partial charge in [0.25, 0.3) is 0 Å². The van der Waals surface area contributed by atoms with E-state index in [0.717, 1.165) is 44.9 Å². The van der Waals surface area contributed by atoms with Gasteiger partial charge >= 0.3 is 0 Å². The van der Waals surface area contributed by atoms with Gasteiger partial charge in [-0.25, -0.2) is 19.9 Å². The minimum Gasteiger partial charge on any atom is -0.368 e. The number of rotatable bonds is 3. The summed E-state index contributed by atoms with van der Waals surface area (Å²) in [4.78, 5) is 18.0. The van der Waals surface area contributed by atoms with Gasteiger partial charge in [-0.15, -0.1) is 0 Å². The van der Waals surface area contributed by atoms with Crippen molar-refractivity contribution in [1.29, 1.82) is 0 Å². The molecule has 5 rings (SSSR count). The third-order valence-electron chi connectivity index (χ3n) is 5.72. The molecule has 3 aromatic heterocycles. The molecule has 0 aliphatic rings. The topological polar surface area (TPSA) is 100 Å².